The molecule has 0 aliphatic rings. The van der Waals surface area contributed by atoms with Crippen LogP contribution in [-0.4, -0.2) is 18.4 Å². The lowest BCUT2D eigenvalue weighted by Crippen LogP contribution is -2.25. The van der Waals surface area contributed by atoms with E-state index in [0.717, 1.165) is 16.8 Å². The summed E-state index contributed by atoms with van der Waals surface area (Å²) in [6.07, 6.45) is 1.70. The molecule has 0 aliphatic heterocycles. The van der Waals surface area contributed by atoms with Gasteiger partial charge in [0.15, 0.2) is 0 Å². The zero-order chi connectivity index (χ0) is 16.1. The molecule has 1 heterocycles. The number of nitrogens with one attached hydrogen (secondary N) is 2. The van der Waals surface area contributed by atoms with Gasteiger partial charge in [0.2, 0.25) is 10.0 Å². The Morgan fingerprint density at radius 1 is 0.957 bits per heavy atom. The van der Waals surface area contributed by atoms with Crippen molar-refractivity contribution in [3.05, 3.63) is 78.2 Å². The molecule has 1 aromatic heterocycles. The highest BCUT2D eigenvalue weighted by Crippen LogP contribution is 2.16. The predicted molar refractivity (Wildman–Crippen MR) is 89.9 cm³/mol. The van der Waals surface area contributed by atoms with Crippen molar-refractivity contribution in [2.45, 2.75) is 12.3 Å². The third-order valence-electron chi connectivity index (χ3n) is 3.37. The Morgan fingerprint density at radius 2 is 1.61 bits per heavy atom. The van der Waals surface area contributed by atoms with Crippen molar-refractivity contribution in [3.8, 4) is 11.3 Å². The molecule has 2 N–H and O–H groups in total. The largest absolute Gasteiger partial charge is 0.341 e. The van der Waals surface area contributed by atoms with Crippen LogP contribution in [0.3, 0.4) is 0 Å². The summed E-state index contributed by atoms with van der Waals surface area (Å²) < 4.78 is 26.8. The van der Waals surface area contributed by atoms with Gasteiger partial charge in [0.1, 0.15) is 5.82 Å². The second kappa shape index (κ2) is 6.76. The summed E-state index contributed by atoms with van der Waals surface area (Å²) in [4.78, 5) is 7.35. The van der Waals surface area contributed by atoms with E-state index in [-0.39, 0.29) is 12.3 Å². The van der Waals surface area contributed by atoms with Gasteiger partial charge in [-0.05, 0) is 11.1 Å². The average molecular weight is 327 g/mol. The number of hydrogen-bond acceptors (Lipinski definition) is 3. The number of rotatable bonds is 6. The Balaban J connectivity index is 1.63. The molecular weight excluding hydrogens is 310 g/mol. The van der Waals surface area contributed by atoms with Gasteiger partial charge in [0, 0.05) is 0 Å². The molecule has 2 aromatic carbocycles. The van der Waals surface area contributed by atoms with Crippen LogP contribution in [0.1, 0.15) is 11.4 Å². The maximum atomic E-state index is 12.1. The highest BCUT2D eigenvalue weighted by atomic mass is 32.2. The Hall–Kier alpha value is -2.44. The van der Waals surface area contributed by atoms with E-state index in [2.05, 4.69) is 14.7 Å². The first-order valence-electron chi connectivity index (χ1n) is 7.23. The van der Waals surface area contributed by atoms with E-state index in [9.17, 15) is 8.42 Å². The van der Waals surface area contributed by atoms with Gasteiger partial charge in [-0.1, -0.05) is 60.7 Å². The van der Waals surface area contributed by atoms with E-state index >= 15 is 0 Å². The number of aromatic amines is 1. The van der Waals surface area contributed by atoms with Crippen LogP contribution in [0.2, 0.25) is 0 Å². The molecule has 0 spiro atoms. The number of hydrogen-bond donors (Lipinski definition) is 2. The SMILES string of the molecule is O=S(=O)(Cc1ccccc1)NCc1ncc(-c2ccccc2)[nH]1. The van der Waals surface area contributed by atoms with E-state index in [1.165, 1.54) is 0 Å². The zero-order valence-electron chi connectivity index (χ0n) is 12.4. The minimum Gasteiger partial charge on any atom is -0.341 e. The van der Waals surface area contributed by atoms with Crippen LogP contribution in [0.5, 0.6) is 0 Å². The van der Waals surface area contributed by atoms with E-state index in [4.69, 9.17) is 0 Å². The summed E-state index contributed by atoms with van der Waals surface area (Å²) in [6.45, 7) is 0.141. The number of aromatic nitrogens is 2. The standard InChI is InChI=1S/C17H17N3O2S/c21-23(22,13-14-7-3-1-4-8-14)19-12-17-18-11-16(20-17)15-9-5-2-6-10-15/h1-11,19H,12-13H2,(H,18,20). The fourth-order valence-electron chi connectivity index (χ4n) is 2.24. The smallest absolute Gasteiger partial charge is 0.216 e. The molecule has 0 fully saturated rings. The van der Waals surface area contributed by atoms with Crippen LogP contribution in [0.15, 0.2) is 66.9 Å². The minimum atomic E-state index is -3.40. The van der Waals surface area contributed by atoms with Gasteiger partial charge in [-0.25, -0.2) is 18.1 Å². The van der Waals surface area contributed by atoms with E-state index < -0.39 is 10.0 Å². The highest BCUT2D eigenvalue weighted by Gasteiger charge is 2.12. The first-order valence-corrected chi connectivity index (χ1v) is 8.88. The monoisotopic (exact) mass is 327 g/mol. The van der Waals surface area contributed by atoms with E-state index in [1.807, 2.05) is 48.5 Å². The molecule has 0 saturated heterocycles. The summed E-state index contributed by atoms with van der Waals surface area (Å²) in [5.74, 6) is 0.542. The molecule has 0 radical (unpaired) electrons. The molecule has 0 atom stereocenters. The average Bonchev–Trinajstić information content (AvgIpc) is 3.04. The lowest BCUT2D eigenvalue weighted by atomic mass is 10.2. The van der Waals surface area contributed by atoms with Gasteiger partial charge in [-0.15, -0.1) is 0 Å². The molecule has 0 saturated carbocycles. The molecule has 0 unspecified atom stereocenters. The van der Waals surface area contributed by atoms with Crippen molar-refractivity contribution in [1.82, 2.24) is 14.7 Å². The maximum absolute atomic E-state index is 12.1. The normalized spacial score (nSPS) is 11.5. The van der Waals surface area contributed by atoms with Crippen molar-refractivity contribution in [2.75, 3.05) is 0 Å². The first kappa shape index (κ1) is 15.5. The van der Waals surface area contributed by atoms with Gasteiger partial charge < -0.3 is 4.98 Å². The number of nitrogens with zero attached hydrogens (tertiary/aromatic N) is 1. The van der Waals surface area contributed by atoms with Crippen molar-refractivity contribution in [3.63, 3.8) is 0 Å². The summed E-state index contributed by atoms with van der Waals surface area (Å²) in [5.41, 5.74) is 2.63. The van der Waals surface area contributed by atoms with Crippen LogP contribution in [0, 0.1) is 0 Å². The third kappa shape index (κ3) is 4.28. The van der Waals surface area contributed by atoms with Gasteiger partial charge in [-0.2, -0.15) is 0 Å². The molecule has 6 heteroatoms. The molecule has 5 nitrogen and oxygen atoms in total. The maximum Gasteiger partial charge on any atom is 0.216 e. The highest BCUT2D eigenvalue weighted by molar-refractivity contribution is 7.88. The minimum absolute atomic E-state index is 0.0416. The summed E-state index contributed by atoms with van der Waals surface area (Å²) in [7, 11) is -3.40. The number of H-pyrrole nitrogens is 1. The van der Waals surface area contributed by atoms with Crippen LogP contribution in [0.4, 0.5) is 0 Å². The number of sulfonamides is 1. The van der Waals surface area contributed by atoms with Gasteiger partial charge >= 0.3 is 0 Å². The first-order chi connectivity index (χ1) is 11.1. The van der Waals surface area contributed by atoms with Crippen LogP contribution in [0.25, 0.3) is 11.3 Å². The number of benzene rings is 2. The quantitative estimate of drug-likeness (QED) is 0.731. The lowest BCUT2D eigenvalue weighted by Gasteiger charge is -2.05. The Kier molecular flexibility index (Phi) is 4.55. The second-order valence-electron chi connectivity index (χ2n) is 5.18. The molecule has 0 aliphatic carbocycles. The third-order valence-corrected chi connectivity index (χ3v) is 4.67. The number of imidazole rings is 1. The van der Waals surface area contributed by atoms with Crippen LogP contribution in [-0.2, 0) is 22.3 Å². The lowest BCUT2D eigenvalue weighted by molar-refractivity contribution is 0.579. The summed E-state index contributed by atoms with van der Waals surface area (Å²) in [5, 5.41) is 0. The van der Waals surface area contributed by atoms with Crippen molar-refractivity contribution < 1.29 is 8.42 Å². The Labute approximate surface area is 135 Å². The predicted octanol–water partition coefficient (Wildman–Crippen LogP) is 2.70. The molecule has 23 heavy (non-hydrogen) atoms. The topological polar surface area (TPSA) is 74.8 Å². The molecule has 3 rings (SSSR count). The van der Waals surface area contributed by atoms with Gasteiger partial charge in [-0.3, -0.25) is 0 Å². The van der Waals surface area contributed by atoms with E-state index in [1.54, 1.807) is 18.3 Å². The molecule has 3 aromatic rings. The van der Waals surface area contributed by atoms with Gasteiger partial charge in [0.25, 0.3) is 0 Å². The van der Waals surface area contributed by atoms with E-state index in [0.29, 0.717) is 5.82 Å². The summed E-state index contributed by atoms with van der Waals surface area (Å²) in [6, 6.07) is 18.9. The fourth-order valence-corrected chi connectivity index (χ4v) is 3.33. The molecule has 0 amide bonds. The molecular formula is C17H17N3O2S. The van der Waals surface area contributed by atoms with Crippen molar-refractivity contribution in [2.24, 2.45) is 0 Å². The van der Waals surface area contributed by atoms with Crippen LogP contribution >= 0.6 is 0 Å². The molecule has 0 bridgehead atoms. The Morgan fingerprint density at radius 3 is 2.30 bits per heavy atom. The van der Waals surface area contributed by atoms with Crippen molar-refractivity contribution >= 4 is 10.0 Å². The zero-order valence-corrected chi connectivity index (χ0v) is 13.3. The fraction of sp³-hybridized carbons (Fsp3) is 0.118. The Bertz CT molecular complexity index is 859. The van der Waals surface area contributed by atoms with Crippen molar-refractivity contribution in [1.29, 1.82) is 0 Å². The van der Waals surface area contributed by atoms with Gasteiger partial charge in [0.05, 0.1) is 24.2 Å². The summed E-state index contributed by atoms with van der Waals surface area (Å²) >= 11 is 0. The molecule has 118 valence electrons. The van der Waals surface area contributed by atoms with Crippen LogP contribution < -0.4 is 4.72 Å². The second-order valence-corrected chi connectivity index (χ2v) is 6.98.